The molecule has 0 fully saturated rings. The first-order valence-corrected chi connectivity index (χ1v) is 10.3. The molecule has 18 heavy (non-hydrogen) atoms. The van der Waals surface area contributed by atoms with E-state index in [2.05, 4.69) is 31.8 Å². The summed E-state index contributed by atoms with van der Waals surface area (Å²) in [6.07, 6.45) is 5.87. The fourth-order valence-electron chi connectivity index (χ4n) is 1.44. The van der Waals surface area contributed by atoms with Crippen LogP contribution < -0.4 is 0 Å². The van der Waals surface area contributed by atoms with E-state index in [1.807, 2.05) is 0 Å². The number of rotatable bonds is 8. The summed E-state index contributed by atoms with van der Waals surface area (Å²) in [5, 5.41) is 0. The van der Waals surface area contributed by atoms with Crippen molar-refractivity contribution in [3.05, 3.63) is 12.2 Å². The molecule has 0 aromatic carbocycles. The monoisotopic (exact) mass is 270 g/mol. The van der Waals surface area contributed by atoms with Crippen LogP contribution in [0.15, 0.2) is 12.2 Å². The molecule has 0 spiro atoms. The molecule has 0 aromatic heterocycles. The number of esters is 1. The van der Waals surface area contributed by atoms with Crippen LogP contribution in [0.2, 0.25) is 25.7 Å². The van der Waals surface area contributed by atoms with Gasteiger partial charge in [-0.3, -0.25) is 4.79 Å². The van der Waals surface area contributed by atoms with E-state index in [0.29, 0.717) is 6.42 Å². The van der Waals surface area contributed by atoms with E-state index >= 15 is 0 Å². The highest BCUT2D eigenvalue weighted by Gasteiger charge is 2.21. The van der Waals surface area contributed by atoms with Crippen LogP contribution >= 0.6 is 0 Å². The Balaban J connectivity index is 3.93. The van der Waals surface area contributed by atoms with E-state index in [-0.39, 0.29) is 12.5 Å². The van der Waals surface area contributed by atoms with E-state index < -0.39 is 19.8 Å². The molecule has 0 saturated carbocycles. The van der Waals surface area contributed by atoms with Gasteiger partial charge in [0.05, 0.1) is 6.61 Å². The standard InChI is InChI=1S/C14H26O3Si/c1-6-17-14(16)13(15)12(2)10-8-7-9-11-18(3,4)5/h7,9,12H,6,8,10-11H2,1-5H3/b9-7+/t12-/m1/s1. The van der Waals surface area contributed by atoms with Crippen molar-refractivity contribution in [1.29, 1.82) is 0 Å². The normalized spacial score (nSPS) is 13.6. The summed E-state index contributed by atoms with van der Waals surface area (Å²) in [5.74, 6) is -1.35. The molecule has 0 aliphatic rings. The van der Waals surface area contributed by atoms with Crippen molar-refractivity contribution in [2.75, 3.05) is 6.61 Å². The lowest BCUT2D eigenvalue weighted by molar-refractivity contribution is -0.155. The van der Waals surface area contributed by atoms with Gasteiger partial charge in [0.15, 0.2) is 0 Å². The number of ketones is 1. The summed E-state index contributed by atoms with van der Waals surface area (Å²) in [6, 6.07) is 1.16. The predicted octanol–water partition coefficient (Wildman–Crippen LogP) is 3.43. The van der Waals surface area contributed by atoms with Gasteiger partial charge < -0.3 is 4.74 Å². The molecule has 0 amide bonds. The van der Waals surface area contributed by atoms with E-state index in [1.165, 1.54) is 0 Å². The second-order valence-corrected chi connectivity index (χ2v) is 11.3. The van der Waals surface area contributed by atoms with Crippen LogP contribution in [0.25, 0.3) is 0 Å². The van der Waals surface area contributed by atoms with E-state index in [0.717, 1.165) is 12.5 Å². The molecule has 104 valence electrons. The third-order valence-corrected chi connectivity index (χ3v) is 4.05. The van der Waals surface area contributed by atoms with Gasteiger partial charge in [-0.2, -0.15) is 0 Å². The van der Waals surface area contributed by atoms with Crippen LogP contribution in [-0.4, -0.2) is 26.4 Å². The van der Waals surface area contributed by atoms with Crippen molar-refractivity contribution in [1.82, 2.24) is 0 Å². The zero-order valence-electron chi connectivity index (χ0n) is 12.3. The maximum absolute atomic E-state index is 11.6. The molecule has 0 heterocycles. The zero-order valence-corrected chi connectivity index (χ0v) is 13.3. The van der Waals surface area contributed by atoms with E-state index in [4.69, 9.17) is 4.74 Å². The van der Waals surface area contributed by atoms with Gasteiger partial charge in [0, 0.05) is 14.0 Å². The Hall–Kier alpha value is -0.903. The molecule has 4 heteroatoms. The van der Waals surface area contributed by atoms with Crippen molar-refractivity contribution in [3.8, 4) is 0 Å². The first-order valence-electron chi connectivity index (χ1n) is 6.64. The molecule has 0 rings (SSSR count). The highest BCUT2D eigenvalue weighted by Crippen LogP contribution is 2.12. The number of allylic oxidation sites excluding steroid dienone is 2. The zero-order chi connectivity index (χ0) is 14.2. The third kappa shape index (κ3) is 8.23. The predicted molar refractivity (Wildman–Crippen MR) is 77.3 cm³/mol. The van der Waals surface area contributed by atoms with Gasteiger partial charge >= 0.3 is 5.97 Å². The van der Waals surface area contributed by atoms with Gasteiger partial charge in [0.2, 0.25) is 5.78 Å². The molecule has 0 N–H and O–H groups in total. The first kappa shape index (κ1) is 17.1. The van der Waals surface area contributed by atoms with Crippen LogP contribution in [0.5, 0.6) is 0 Å². The fourth-order valence-corrected chi connectivity index (χ4v) is 2.31. The van der Waals surface area contributed by atoms with Crippen LogP contribution in [0.1, 0.15) is 26.7 Å². The maximum atomic E-state index is 11.6. The van der Waals surface area contributed by atoms with Gasteiger partial charge in [-0.15, -0.1) is 0 Å². The van der Waals surface area contributed by atoms with Crippen LogP contribution in [-0.2, 0) is 14.3 Å². The van der Waals surface area contributed by atoms with Gasteiger partial charge in [-0.1, -0.05) is 38.7 Å². The minimum Gasteiger partial charge on any atom is -0.460 e. The van der Waals surface area contributed by atoms with Gasteiger partial charge in [-0.25, -0.2) is 4.79 Å². The minimum atomic E-state index is -1.01. The van der Waals surface area contributed by atoms with Crippen molar-refractivity contribution in [2.45, 2.75) is 52.4 Å². The van der Waals surface area contributed by atoms with E-state index in [9.17, 15) is 9.59 Å². The second-order valence-electron chi connectivity index (χ2n) is 5.80. The molecule has 1 atom stereocenters. The van der Waals surface area contributed by atoms with Crippen molar-refractivity contribution in [2.24, 2.45) is 5.92 Å². The SMILES string of the molecule is CCOC(=O)C(=O)[C@H](C)CC/C=C/C[Si](C)(C)C. The Bertz CT molecular complexity index is 303. The quantitative estimate of drug-likeness (QED) is 0.294. The summed E-state index contributed by atoms with van der Waals surface area (Å²) >= 11 is 0. The molecular formula is C14H26O3Si. The Morgan fingerprint density at radius 3 is 2.33 bits per heavy atom. The smallest absolute Gasteiger partial charge is 0.374 e. The first-order chi connectivity index (χ1) is 8.28. The molecule has 0 radical (unpaired) electrons. The van der Waals surface area contributed by atoms with Crippen LogP contribution in [0.4, 0.5) is 0 Å². The Labute approximate surface area is 112 Å². The number of carbonyl (C=O) groups excluding carboxylic acids is 2. The molecule has 0 saturated heterocycles. The Morgan fingerprint density at radius 2 is 1.83 bits per heavy atom. The molecule has 0 aromatic rings. The number of hydrogen-bond acceptors (Lipinski definition) is 3. The van der Waals surface area contributed by atoms with Crippen LogP contribution in [0.3, 0.4) is 0 Å². The van der Waals surface area contributed by atoms with Gasteiger partial charge in [0.1, 0.15) is 0 Å². The molecule has 0 unspecified atom stereocenters. The number of Topliss-reactive ketones (excluding diaryl/α,β-unsaturated/α-hetero) is 1. The number of hydrogen-bond donors (Lipinski definition) is 0. The average Bonchev–Trinajstić information content (AvgIpc) is 2.26. The van der Waals surface area contributed by atoms with Gasteiger partial charge in [-0.05, 0) is 25.8 Å². The number of carbonyl (C=O) groups is 2. The average molecular weight is 270 g/mol. The van der Waals surface area contributed by atoms with Crippen molar-refractivity contribution in [3.63, 3.8) is 0 Å². The van der Waals surface area contributed by atoms with Gasteiger partial charge in [0.25, 0.3) is 0 Å². The second kappa shape index (κ2) is 8.24. The fraction of sp³-hybridized carbons (Fsp3) is 0.714. The molecule has 0 aliphatic heterocycles. The lowest BCUT2D eigenvalue weighted by Crippen LogP contribution is -2.23. The summed E-state index contributed by atoms with van der Waals surface area (Å²) in [4.78, 5) is 22.8. The lowest BCUT2D eigenvalue weighted by Gasteiger charge is -2.11. The topological polar surface area (TPSA) is 43.4 Å². The molecular weight excluding hydrogens is 244 g/mol. The molecule has 3 nitrogen and oxygen atoms in total. The molecule has 0 aliphatic carbocycles. The maximum Gasteiger partial charge on any atom is 0.374 e. The highest BCUT2D eigenvalue weighted by molar-refractivity contribution is 6.76. The Morgan fingerprint density at radius 1 is 1.22 bits per heavy atom. The largest absolute Gasteiger partial charge is 0.460 e. The van der Waals surface area contributed by atoms with Crippen molar-refractivity contribution >= 4 is 19.8 Å². The minimum absolute atomic E-state index is 0.249. The summed E-state index contributed by atoms with van der Waals surface area (Å²) in [7, 11) is -1.01. The summed E-state index contributed by atoms with van der Waals surface area (Å²) in [6.45, 7) is 10.7. The third-order valence-electron chi connectivity index (χ3n) is 2.59. The number of ether oxygens (including phenoxy) is 1. The lowest BCUT2D eigenvalue weighted by atomic mass is 10.0. The Kier molecular flexibility index (Phi) is 7.83. The van der Waals surface area contributed by atoms with Crippen LogP contribution in [0, 0.1) is 5.92 Å². The highest BCUT2D eigenvalue weighted by atomic mass is 28.3. The molecule has 0 bridgehead atoms. The summed E-state index contributed by atoms with van der Waals surface area (Å²) in [5.41, 5.74) is 0. The van der Waals surface area contributed by atoms with Crippen molar-refractivity contribution < 1.29 is 14.3 Å². The van der Waals surface area contributed by atoms with E-state index in [1.54, 1.807) is 13.8 Å². The summed E-state index contributed by atoms with van der Waals surface area (Å²) < 4.78 is 4.70.